The summed E-state index contributed by atoms with van der Waals surface area (Å²) in [5.41, 5.74) is 3.60. The van der Waals surface area contributed by atoms with E-state index in [0.717, 1.165) is 33.4 Å². The van der Waals surface area contributed by atoms with Crippen molar-refractivity contribution in [2.75, 3.05) is 0 Å². The molecule has 1 aromatic heterocycles. The van der Waals surface area contributed by atoms with Crippen LogP contribution >= 0.6 is 15.9 Å². The Labute approximate surface area is 168 Å². The number of amides is 1. The Morgan fingerprint density at radius 3 is 2.63 bits per heavy atom. The molecule has 1 N–H and O–H groups in total. The molecule has 2 atom stereocenters. The van der Waals surface area contributed by atoms with Gasteiger partial charge in [-0.25, -0.2) is 4.98 Å². The van der Waals surface area contributed by atoms with Crippen LogP contribution in [0, 0.1) is 12.8 Å². The van der Waals surface area contributed by atoms with Crippen molar-refractivity contribution in [1.82, 2.24) is 14.9 Å². The van der Waals surface area contributed by atoms with E-state index < -0.39 is 0 Å². The smallest absolute Gasteiger partial charge is 0.251 e. The van der Waals surface area contributed by atoms with Gasteiger partial charge in [-0.2, -0.15) is 0 Å². The first-order chi connectivity index (χ1) is 13.0. The van der Waals surface area contributed by atoms with E-state index in [4.69, 9.17) is 0 Å². The Morgan fingerprint density at radius 1 is 1.15 bits per heavy atom. The van der Waals surface area contributed by atoms with Crippen LogP contribution in [0.4, 0.5) is 0 Å². The van der Waals surface area contributed by atoms with E-state index in [9.17, 15) is 4.79 Å². The predicted molar refractivity (Wildman–Crippen MR) is 112 cm³/mol. The molecule has 2 aromatic carbocycles. The van der Waals surface area contributed by atoms with Crippen molar-refractivity contribution in [3.63, 3.8) is 0 Å². The molecule has 140 valence electrons. The summed E-state index contributed by atoms with van der Waals surface area (Å²) in [4.78, 5) is 17.4. The van der Waals surface area contributed by atoms with Crippen molar-refractivity contribution in [3.05, 3.63) is 58.3 Å². The van der Waals surface area contributed by atoms with Gasteiger partial charge in [-0.3, -0.25) is 9.36 Å². The SMILES string of the molecule is Cc1nc2cc(C(=O)NC3CCCCC3C)ccc2n1-c1ccc(Br)cc1. The van der Waals surface area contributed by atoms with Crippen LogP contribution in [-0.4, -0.2) is 21.5 Å². The summed E-state index contributed by atoms with van der Waals surface area (Å²) in [5, 5.41) is 3.23. The van der Waals surface area contributed by atoms with E-state index >= 15 is 0 Å². The van der Waals surface area contributed by atoms with Gasteiger partial charge in [-0.05, 0) is 68.1 Å². The zero-order valence-electron chi connectivity index (χ0n) is 15.7. The van der Waals surface area contributed by atoms with Gasteiger partial charge in [-0.1, -0.05) is 35.7 Å². The average molecular weight is 426 g/mol. The van der Waals surface area contributed by atoms with Crippen molar-refractivity contribution in [1.29, 1.82) is 0 Å². The molecule has 4 nitrogen and oxygen atoms in total. The highest BCUT2D eigenvalue weighted by Gasteiger charge is 2.23. The summed E-state index contributed by atoms with van der Waals surface area (Å²) in [6, 6.07) is 14.2. The Kier molecular flexibility index (Phi) is 5.04. The minimum absolute atomic E-state index is 0.00601. The van der Waals surface area contributed by atoms with Gasteiger partial charge < -0.3 is 5.32 Å². The normalized spacial score (nSPS) is 20.0. The van der Waals surface area contributed by atoms with E-state index in [-0.39, 0.29) is 11.9 Å². The fourth-order valence-corrected chi connectivity index (χ4v) is 4.30. The molecule has 0 spiro atoms. The molecule has 27 heavy (non-hydrogen) atoms. The van der Waals surface area contributed by atoms with Crippen LogP contribution in [0.3, 0.4) is 0 Å². The number of benzene rings is 2. The van der Waals surface area contributed by atoms with Gasteiger partial charge >= 0.3 is 0 Å². The van der Waals surface area contributed by atoms with Gasteiger partial charge in [0.25, 0.3) is 5.91 Å². The van der Waals surface area contributed by atoms with Crippen molar-refractivity contribution in [2.24, 2.45) is 5.92 Å². The lowest BCUT2D eigenvalue weighted by molar-refractivity contribution is 0.0910. The maximum atomic E-state index is 12.8. The number of halogens is 1. The maximum absolute atomic E-state index is 12.8. The lowest BCUT2D eigenvalue weighted by atomic mass is 9.86. The number of aromatic nitrogens is 2. The molecule has 0 aliphatic heterocycles. The third kappa shape index (κ3) is 3.65. The molecule has 4 rings (SSSR count). The highest BCUT2D eigenvalue weighted by atomic mass is 79.9. The van der Waals surface area contributed by atoms with Gasteiger partial charge in [0.1, 0.15) is 5.82 Å². The topological polar surface area (TPSA) is 46.9 Å². The van der Waals surface area contributed by atoms with Gasteiger partial charge in [0, 0.05) is 21.8 Å². The number of rotatable bonds is 3. The van der Waals surface area contributed by atoms with E-state index in [1.54, 1.807) is 0 Å². The van der Waals surface area contributed by atoms with Crippen LogP contribution in [0.1, 0.15) is 48.8 Å². The first kappa shape index (κ1) is 18.2. The molecule has 1 aliphatic carbocycles. The Balaban J connectivity index is 1.63. The summed E-state index contributed by atoms with van der Waals surface area (Å²) < 4.78 is 3.16. The molecule has 1 aliphatic rings. The Bertz CT molecular complexity index is 977. The van der Waals surface area contributed by atoms with Crippen LogP contribution in [-0.2, 0) is 0 Å². The number of fused-ring (bicyclic) bond motifs is 1. The standard InChI is InChI=1S/C22H24BrN3O/c1-14-5-3-4-6-19(14)25-22(27)16-7-12-21-20(13-16)24-15(2)26(21)18-10-8-17(23)9-11-18/h7-14,19H,3-6H2,1-2H3,(H,25,27). The Morgan fingerprint density at radius 2 is 1.89 bits per heavy atom. The number of nitrogens with one attached hydrogen (secondary N) is 1. The fourth-order valence-electron chi connectivity index (χ4n) is 4.04. The summed E-state index contributed by atoms with van der Waals surface area (Å²) >= 11 is 3.48. The lowest BCUT2D eigenvalue weighted by Crippen LogP contribution is -2.41. The number of imidazole rings is 1. The van der Waals surface area contributed by atoms with Crippen LogP contribution in [0.5, 0.6) is 0 Å². The second kappa shape index (κ2) is 7.47. The highest BCUT2D eigenvalue weighted by Crippen LogP contribution is 2.26. The molecule has 5 heteroatoms. The van der Waals surface area contributed by atoms with E-state index in [0.29, 0.717) is 11.5 Å². The summed E-state index contributed by atoms with van der Waals surface area (Å²) in [6.45, 7) is 4.22. The maximum Gasteiger partial charge on any atom is 0.251 e. The zero-order valence-corrected chi connectivity index (χ0v) is 17.3. The molecule has 2 unspecified atom stereocenters. The third-order valence-electron chi connectivity index (χ3n) is 5.60. The van der Waals surface area contributed by atoms with Crippen LogP contribution in [0.25, 0.3) is 16.7 Å². The molecule has 1 heterocycles. The fraction of sp³-hybridized carbons (Fsp3) is 0.364. The second-order valence-electron chi connectivity index (χ2n) is 7.52. The first-order valence-electron chi connectivity index (χ1n) is 9.59. The van der Waals surface area contributed by atoms with Crippen molar-refractivity contribution in [3.8, 4) is 5.69 Å². The largest absolute Gasteiger partial charge is 0.349 e. The second-order valence-corrected chi connectivity index (χ2v) is 8.43. The minimum Gasteiger partial charge on any atom is -0.349 e. The van der Waals surface area contributed by atoms with Crippen molar-refractivity contribution in [2.45, 2.75) is 45.6 Å². The molecule has 1 fully saturated rings. The summed E-state index contributed by atoms with van der Waals surface area (Å²) in [6.07, 6.45) is 4.74. The van der Waals surface area contributed by atoms with Crippen LogP contribution in [0.2, 0.25) is 0 Å². The monoisotopic (exact) mass is 425 g/mol. The number of carbonyl (C=O) groups excluding carboxylic acids is 1. The van der Waals surface area contributed by atoms with E-state index in [2.05, 4.69) is 49.9 Å². The van der Waals surface area contributed by atoms with E-state index in [1.807, 2.05) is 37.3 Å². The predicted octanol–water partition coefficient (Wildman–Crippen LogP) is 5.40. The van der Waals surface area contributed by atoms with Gasteiger partial charge in [0.2, 0.25) is 0 Å². The summed E-state index contributed by atoms with van der Waals surface area (Å²) in [5.74, 6) is 1.46. The van der Waals surface area contributed by atoms with Crippen LogP contribution < -0.4 is 5.32 Å². The molecule has 3 aromatic rings. The van der Waals surface area contributed by atoms with Crippen molar-refractivity contribution < 1.29 is 4.79 Å². The minimum atomic E-state index is 0.00601. The zero-order chi connectivity index (χ0) is 19.0. The number of aryl methyl sites for hydroxylation is 1. The van der Waals surface area contributed by atoms with Gasteiger partial charge in [0.15, 0.2) is 0 Å². The number of hydrogen-bond donors (Lipinski definition) is 1. The van der Waals surface area contributed by atoms with E-state index in [1.165, 1.54) is 19.3 Å². The van der Waals surface area contributed by atoms with Gasteiger partial charge in [0.05, 0.1) is 11.0 Å². The highest BCUT2D eigenvalue weighted by molar-refractivity contribution is 9.10. The van der Waals surface area contributed by atoms with Gasteiger partial charge in [-0.15, -0.1) is 0 Å². The molecular formula is C22H24BrN3O. The molecule has 1 saturated carbocycles. The number of carbonyl (C=O) groups is 1. The first-order valence-corrected chi connectivity index (χ1v) is 10.4. The quantitative estimate of drug-likeness (QED) is 0.609. The molecule has 0 saturated heterocycles. The molecule has 1 amide bonds. The Hall–Kier alpha value is -2.14. The molecule has 0 radical (unpaired) electrons. The molecule has 0 bridgehead atoms. The average Bonchev–Trinajstić information content (AvgIpc) is 2.99. The molecular weight excluding hydrogens is 402 g/mol. The lowest BCUT2D eigenvalue weighted by Gasteiger charge is -2.29. The number of nitrogens with zero attached hydrogens (tertiary/aromatic N) is 2. The summed E-state index contributed by atoms with van der Waals surface area (Å²) in [7, 11) is 0. The number of hydrogen-bond acceptors (Lipinski definition) is 2. The van der Waals surface area contributed by atoms with Crippen LogP contribution in [0.15, 0.2) is 46.9 Å². The van der Waals surface area contributed by atoms with Crippen molar-refractivity contribution >= 4 is 32.9 Å². The third-order valence-corrected chi connectivity index (χ3v) is 6.13.